The number of urea groups is 1. The fourth-order valence-electron chi connectivity index (χ4n) is 3.63. The smallest absolute Gasteiger partial charge is 0.319 e. The number of anilines is 1. The Morgan fingerprint density at radius 1 is 1.15 bits per heavy atom. The maximum absolute atomic E-state index is 12.6. The van der Waals surface area contributed by atoms with Gasteiger partial charge in [-0.05, 0) is 50.2 Å². The van der Waals surface area contributed by atoms with Crippen molar-refractivity contribution in [1.82, 2.24) is 15.2 Å². The molecule has 2 amide bonds. The summed E-state index contributed by atoms with van der Waals surface area (Å²) in [6.45, 7) is 3.37. The van der Waals surface area contributed by atoms with Crippen LogP contribution in [0.3, 0.4) is 0 Å². The van der Waals surface area contributed by atoms with E-state index in [0.717, 1.165) is 13.1 Å². The van der Waals surface area contributed by atoms with Gasteiger partial charge in [-0.3, -0.25) is 9.88 Å². The number of aromatic nitrogens is 1. The number of amides is 2. The molecule has 2 fully saturated rings. The van der Waals surface area contributed by atoms with E-state index in [1.165, 1.54) is 12.8 Å². The van der Waals surface area contributed by atoms with E-state index in [1.54, 1.807) is 18.5 Å². The summed E-state index contributed by atoms with van der Waals surface area (Å²) in [6, 6.07) is 11.0. The Morgan fingerprint density at radius 2 is 2.00 bits per heavy atom. The van der Waals surface area contributed by atoms with Crippen LogP contribution in [0, 0.1) is 0 Å². The number of nitrogens with zero attached hydrogens (tertiary/aromatic N) is 2. The molecule has 142 valence electrons. The number of hydrogen-bond donors (Lipinski definition) is 2. The zero-order valence-electron chi connectivity index (χ0n) is 15.1. The minimum atomic E-state index is -0.253. The third-order valence-electron chi connectivity index (χ3n) is 4.97. The molecule has 2 N–H and O–H groups in total. The van der Waals surface area contributed by atoms with E-state index in [9.17, 15) is 4.79 Å². The predicted molar refractivity (Wildman–Crippen MR) is 102 cm³/mol. The Morgan fingerprint density at radius 3 is 2.81 bits per heavy atom. The summed E-state index contributed by atoms with van der Waals surface area (Å²) in [4.78, 5) is 19.0. The summed E-state index contributed by atoms with van der Waals surface area (Å²) in [5.41, 5.74) is 0.607. The minimum absolute atomic E-state index is 0.00509. The number of para-hydroxylation sites is 2. The average Bonchev–Trinajstić information content (AvgIpc) is 3.36. The highest BCUT2D eigenvalue weighted by atomic mass is 16.5. The first-order valence-electron chi connectivity index (χ1n) is 9.36. The molecule has 0 radical (unpaired) electrons. The normalized spacial score (nSPS) is 22.5. The molecule has 0 bridgehead atoms. The van der Waals surface area contributed by atoms with Gasteiger partial charge in [0.25, 0.3) is 0 Å². The van der Waals surface area contributed by atoms with Crippen LogP contribution in [0.4, 0.5) is 10.5 Å². The molecule has 2 atom stereocenters. The molecule has 2 aliphatic heterocycles. The van der Waals surface area contributed by atoms with Crippen LogP contribution in [-0.4, -0.2) is 54.3 Å². The molecular weight excluding hydrogens is 344 g/mol. The SMILES string of the molecule is O=C(Nc1ccccc1Oc1cccnc1)N[C@@H]1COC[C@H]1N1CCCC1. The lowest BCUT2D eigenvalue weighted by Crippen LogP contribution is -2.51. The quantitative estimate of drug-likeness (QED) is 0.849. The van der Waals surface area contributed by atoms with Crippen LogP contribution in [0.2, 0.25) is 0 Å². The molecule has 7 nitrogen and oxygen atoms in total. The van der Waals surface area contributed by atoms with Crippen molar-refractivity contribution in [3.8, 4) is 11.5 Å². The van der Waals surface area contributed by atoms with Crippen molar-refractivity contribution in [2.24, 2.45) is 0 Å². The van der Waals surface area contributed by atoms with E-state index >= 15 is 0 Å². The van der Waals surface area contributed by atoms with E-state index < -0.39 is 0 Å². The summed E-state index contributed by atoms with van der Waals surface area (Å²) in [7, 11) is 0. The van der Waals surface area contributed by atoms with Gasteiger partial charge in [-0.25, -0.2) is 4.79 Å². The summed E-state index contributed by atoms with van der Waals surface area (Å²) < 4.78 is 11.5. The van der Waals surface area contributed by atoms with Crippen molar-refractivity contribution in [3.05, 3.63) is 48.8 Å². The van der Waals surface area contributed by atoms with E-state index in [2.05, 4.69) is 20.5 Å². The van der Waals surface area contributed by atoms with Gasteiger partial charge < -0.3 is 20.1 Å². The molecule has 27 heavy (non-hydrogen) atoms. The highest BCUT2D eigenvalue weighted by Gasteiger charge is 2.35. The molecule has 3 heterocycles. The second-order valence-electron chi connectivity index (χ2n) is 6.84. The number of ether oxygens (including phenoxy) is 2. The highest BCUT2D eigenvalue weighted by Crippen LogP contribution is 2.28. The van der Waals surface area contributed by atoms with Gasteiger partial charge in [0.15, 0.2) is 5.75 Å². The van der Waals surface area contributed by atoms with Crippen LogP contribution >= 0.6 is 0 Å². The van der Waals surface area contributed by atoms with Crippen molar-refractivity contribution < 1.29 is 14.3 Å². The predicted octanol–water partition coefficient (Wildman–Crippen LogP) is 2.86. The Hall–Kier alpha value is -2.64. The highest BCUT2D eigenvalue weighted by molar-refractivity contribution is 5.91. The van der Waals surface area contributed by atoms with Gasteiger partial charge in [-0.2, -0.15) is 0 Å². The van der Waals surface area contributed by atoms with Gasteiger partial charge in [0.1, 0.15) is 5.75 Å². The Kier molecular flexibility index (Phi) is 5.50. The van der Waals surface area contributed by atoms with Gasteiger partial charge >= 0.3 is 6.03 Å². The molecular formula is C20H24N4O3. The summed E-state index contributed by atoms with van der Waals surface area (Å²) in [6.07, 6.45) is 5.75. The van der Waals surface area contributed by atoms with Gasteiger partial charge in [-0.1, -0.05) is 12.1 Å². The number of nitrogens with one attached hydrogen (secondary N) is 2. The number of likely N-dealkylation sites (tertiary alicyclic amines) is 1. The molecule has 0 aliphatic carbocycles. The molecule has 1 aromatic carbocycles. The molecule has 7 heteroatoms. The van der Waals surface area contributed by atoms with Crippen LogP contribution in [0.25, 0.3) is 0 Å². The molecule has 2 saturated heterocycles. The molecule has 0 saturated carbocycles. The van der Waals surface area contributed by atoms with E-state index in [-0.39, 0.29) is 18.1 Å². The lowest BCUT2D eigenvalue weighted by molar-refractivity contribution is 0.159. The first kappa shape index (κ1) is 17.8. The zero-order valence-corrected chi connectivity index (χ0v) is 15.1. The van der Waals surface area contributed by atoms with Crippen LogP contribution in [0.5, 0.6) is 11.5 Å². The van der Waals surface area contributed by atoms with Crippen LogP contribution in [-0.2, 0) is 4.74 Å². The maximum Gasteiger partial charge on any atom is 0.319 e. The number of hydrogen-bond acceptors (Lipinski definition) is 5. The first-order valence-corrected chi connectivity index (χ1v) is 9.36. The lowest BCUT2D eigenvalue weighted by Gasteiger charge is -2.28. The maximum atomic E-state index is 12.6. The van der Waals surface area contributed by atoms with E-state index in [0.29, 0.717) is 30.4 Å². The zero-order chi connectivity index (χ0) is 18.5. The van der Waals surface area contributed by atoms with Gasteiger partial charge in [0.2, 0.25) is 0 Å². The first-order chi connectivity index (χ1) is 13.3. The number of benzene rings is 1. The average molecular weight is 368 g/mol. The fraction of sp³-hybridized carbons (Fsp3) is 0.400. The second-order valence-corrected chi connectivity index (χ2v) is 6.84. The third-order valence-corrected chi connectivity index (χ3v) is 4.97. The Bertz CT molecular complexity index is 765. The number of pyridine rings is 1. The topological polar surface area (TPSA) is 75.7 Å². The van der Waals surface area contributed by atoms with Crippen LogP contribution in [0.15, 0.2) is 48.8 Å². The summed E-state index contributed by atoms with van der Waals surface area (Å²) >= 11 is 0. The molecule has 4 rings (SSSR count). The van der Waals surface area contributed by atoms with Gasteiger partial charge in [-0.15, -0.1) is 0 Å². The van der Waals surface area contributed by atoms with Crippen molar-refractivity contribution in [2.75, 3.05) is 31.6 Å². The Balaban J connectivity index is 1.39. The largest absolute Gasteiger partial charge is 0.454 e. The molecule has 2 aromatic rings. The van der Waals surface area contributed by atoms with Crippen molar-refractivity contribution in [2.45, 2.75) is 24.9 Å². The Labute approximate surface area is 158 Å². The van der Waals surface area contributed by atoms with E-state index in [4.69, 9.17) is 9.47 Å². The molecule has 2 aliphatic rings. The van der Waals surface area contributed by atoms with Crippen molar-refractivity contribution >= 4 is 11.7 Å². The second kappa shape index (κ2) is 8.37. The number of carbonyl (C=O) groups is 1. The van der Waals surface area contributed by atoms with Crippen LogP contribution in [0.1, 0.15) is 12.8 Å². The van der Waals surface area contributed by atoms with Gasteiger partial charge in [0, 0.05) is 6.20 Å². The standard InChI is InChI=1S/C20H24N4O3/c25-20(23-17-13-26-14-18(17)24-10-3-4-11-24)22-16-7-1-2-8-19(16)27-15-6-5-9-21-12-15/h1-2,5-9,12,17-18H,3-4,10-11,13-14H2,(H2,22,23,25)/t17-,18-/m1/s1. The summed E-state index contributed by atoms with van der Waals surface area (Å²) in [5.74, 6) is 1.19. The molecule has 0 spiro atoms. The third kappa shape index (κ3) is 4.37. The fourth-order valence-corrected chi connectivity index (χ4v) is 3.63. The minimum Gasteiger partial charge on any atom is -0.454 e. The summed E-state index contributed by atoms with van der Waals surface area (Å²) in [5, 5.41) is 5.96. The lowest BCUT2D eigenvalue weighted by atomic mass is 10.1. The molecule has 1 aromatic heterocycles. The van der Waals surface area contributed by atoms with Crippen molar-refractivity contribution in [1.29, 1.82) is 0 Å². The number of rotatable bonds is 5. The van der Waals surface area contributed by atoms with Crippen molar-refractivity contribution in [3.63, 3.8) is 0 Å². The van der Waals surface area contributed by atoms with E-state index in [1.807, 2.05) is 30.3 Å². The number of carbonyl (C=O) groups excluding carboxylic acids is 1. The monoisotopic (exact) mass is 368 g/mol. The molecule has 0 unspecified atom stereocenters. The van der Waals surface area contributed by atoms with Crippen LogP contribution < -0.4 is 15.4 Å². The van der Waals surface area contributed by atoms with Gasteiger partial charge in [0.05, 0.1) is 37.2 Å².